The van der Waals surface area contributed by atoms with Gasteiger partial charge in [-0.2, -0.15) is 0 Å². The monoisotopic (exact) mass is 216 g/mol. The largest absolute Gasteiger partial charge is 0.301 e. The lowest BCUT2D eigenvalue weighted by atomic mass is 10.1. The van der Waals surface area contributed by atoms with Crippen molar-refractivity contribution in [2.75, 3.05) is 13.6 Å². The number of nitrogens with zero attached hydrogens (tertiary/aromatic N) is 1. The van der Waals surface area contributed by atoms with Crippen LogP contribution in [0.3, 0.4) is 0 Å². The van der Waals surface area contributed by atoms with E-state index in [2.05, 4.69) is 11.9 Å². The first kappa shape index (κ1) is 9.33. The maximum atomic E-state index is 11.0. The highest BCUT2D eigenvalue weighted by Crippen LogP contribution is 2.28. The molecule has 2 N–H and O–H groups in total. The van der Waals surface area contributed by atoms with Crippen LogP contribution in [-0.4, -0.2) is 22.7 Å². The predicted octanol–water partition coefficient (Wildman–Crippen LogP) is 0.717. The fraction of sp³-hybridized carbons (Fsp3) is 0.500. The zero-order chi connectivity index (χ0) is 9.42. The van der Waals surface area contributed by atoms with Gasteiger partial charge in [-0.15, -0.1) is 11.3 Å². The Morgan fingerprint density at radius 2 is 2.46 bits per heavy atom. The highest BCUT2D eigenvalue weighted by molar-refractivity contribution is 7.85. The third kappa shape index (κ3) is 1.83. The van der Waals surface area contributed by atoms with Gasteiger partial charge in [0.1, 0.15) is 15.2 Å². The number of fused-ring (bicyclic) bond motifs is 1. The molecule has 0 fully saturated rings. The highest BCUT2D eigenvalue weighted by atomic mass is 32.2. The van der Waals surface area contributed by atoms with Gasteiger partial charge < -0.3 is 4.90 Å². The van der Waals surface area contributed by atoms with Crippen molar-refractivity contribution in [1.82, 2.24) is 4.90 Å². The minimum atomic E-state index is -1.31. The Hall–Kier alpha value is -0.230. The fourth-order valence-corrected chi connectivity index (χ4v) is 3.43. The van der Waals surface area contributed by atoms with E-state index in [9.17, 15) is 4.21 Å². The molecule has 0 amide bonds. The zero-order valence-electron chi connectivity index (χ0n) is 7.45. The summed E-state index contributed by atoms with van der Waals surface area (Å²) in [5, 5.41) is 5.33. The first-order valence-corrected chi connectivity index (χ1v) is 6.16. The molecule has 0 aliphatic carbocycles. The molecule has 3 nitrogen and oxygen atoms in total. The number of thiophene rings is 1. The van der Waals surface area contributed by atoms with Crippen molar-refractivity contribution in [2.24, 2.45) is 5.14 Å². The topological polar surface area (TPSA) is 46.3 Å². The molecular weight excluding hydrogens is 204 g/mol. The molecule has 2 heterocycles. The van der Waals surface area contributed by atoms with Crippen LogP contribution in [0.2, 0.25) is 0 Å². The Labute approximate surface area is 84.1 Å². The SMILES string of the molecule is CN1CCc2cc(S(N)=O)sc2C1. The first-order valence-electron chi connectivity index (χ1n) is 4.13. The van der Waals surface area contributed by atoms with E-state index in [-0.39, 0.29) is 0 Å². The van der Waals surface area contributed by atoms with Crippen LogP contribution < -0.4 is 5.14 Å². The van der Waals surface area contributed by atoms with Crippen molar-refractivity contribution in [3.8, 4) is 0 Å². The molecule has 0 bridgehead atoms. The summed E-state index contributed by atoms with van der Waals surface area (Å²) in [4.78, 5) is 3.59. The van der Waals surface area contributed by atoms with Crippen LogP contribution in [0.1, 0.15) is 10.4 Å². The smallest absolute Gasteiger partial charge is 0.132 e. The summed E-state index contributed by atoms with van der Waals surface area (Å²) >= 11 is 1.58. The van der Waals surface area contributed by atoms with E-state index >= 15 is 0 Å². The van der Waals surface area contributed by atoms with Crippen LogP contribution >= 0.6 is 11.3 Å². The van der Waals surface area contributed by atoms with Gasteiger partial charge in [0.15, 0.2) is 0 Å². The van der Waals surface area contributed by atoms with Gasteiger partial charge in [0.05, 0.1) is 0 Å². The van der Waals surface area contributed by atoms with Gasteiger partial charge in [0.2, 0.25) is 0 Å². The summed E-state index contributed by atoms with van der Waals surface area (Å²) < 4.78 is 11.8. The summed E-state index contributed by atoms with van der Waals surface area (Å²) in [5.41, 5.74) is 1.33. The Bertz CT molecular complexity index is 348. The van der Waals surface area contributed by atoms with Crippen molar-refractivity contribution in [3.63, 3.8) is 0 Å². The second-order valence-electron chi connectivity index (χ2n) is 3.30. The standard InChI is InChI=1S/C8H12N2OS2/c1-10-3-2-6-4-8(13(9)11)12-7(6)5-10/h4H,2-3,5,9H2,1H3. The lowest BCUT2D eigenvalue weighted by Gasteiger charge is -2.21. The zero-order valence-corrected chi connectivity index (χ0v) is 9.08. The van der Waals surface area contributed by atoms with Crippen LogP contribution in [-0.2, 0) is 24.0 Å². The molecule has 0 spiro atoms. The Balaban J connectivity index is 2.33. The van der Waals surface area contributed by atoms with E-state index in [1.807, 2.05) is 6.07 Å². The van der Waals surface area contributed by atoms with Gasteiger partial charge >= 0.3 is 0 Å². The fourth-order valence-electron chi connectivity index (χ4n) is 1.52. The lowest BCUT2D eigenvalue weighted by molar-refractivity contribution is 0.317. The molecule has 1 aromatic rings. The third-order valence-corrected chi connectivity index (χ3v) is 4.46. The molecule has 0 saturated carbocycles. The Morgan fingerprint density at radius 3 is 3.15 bits per heavy atom. The van der Waals surface area contributed by atoms with Gasteiger partial charge in [0.25, 0.3) is 0 Å². The van der Waals surface area contributed by atoms with Gasteiger partial charge in [-0.25, -0.2) is 9.35 Å². The highest BCUT2D eigenvalue weighted by Gasteiger charge is 2.17. The van der Waals surface area contributed by atoms with E-state index in [1.165, 1.54) is 10.4 Å². The number of hydrogen-bond acceptors (Lipinski definition) is 3. The van der Waals surface area contributed by atoms with Crippen molar-refractivity contribution < 1.29 is 4.21 Å². The van der Waals surface area contributed by atoms with Crippen LogP contribution in [0.15, 0.2) is 10.3 Å². The van der Waals surface area contributed by atoms with E-state index in [1.54, 1.807) is 11.3 Å². The second-order valence-corrected chi connectivity index (χ2v) is 5.73. The van der Waals surface area contributed by atoms with E-state index in [4.69, 9.17) is 5.14 Å². The summed E-state index contributed by atoms with van der Waals surface area (Å²) in [6, 6.07) is 1.99. The Morgan fingerprint density at radius 1 is 1.69 bits per heavy atom. The maximum absolute atomic E-state index is 11.0. The quantitative estimate of drug-likeness (QED) is 0.752. The molecule has 1 aliphatic heterocycles. The number of hydrogen-bond donors (Lipinski definition) is 1. The minimum absolute atomic E-state index is 0.806. The van der Waals surface area contributed by atoms with Gasteiger partial charge in [0, 0.05) is 18.0 Å². The van der Waals surface area contributed by atoms with Crippen molar-refractivity contribution in [2.45, 2.75) is 17.2 Å². The van der Waals surface area contributed by atoms with Gasteiger partial charge in [-0.1, -0.05) is 0 Å². The molecule has 5 heteroatoms. The summed E-state index contributed by atoms with van der Waals surface area (Å²) in [6.07, 6.45) is 1.06. The number of nitrogens with two attached hydrogens (primary N) is 1. The van der Waals surface area contributed by atoms with Crippen molar-refractivity contribution >= 4 is 22.3 Å². The lowest BCUT2D eigenvalue weighted by Crippen LogP contribution is -2.24. The second kappa shape index (κ2) is 3.49. The molecular formula is C8H12N2OS2. The molecule has 72 valence electrons. The third-order valence-electron chi connectivity index (χ3n) is 2.25. The molecule has 2 rings (SSSR count). The molecule has 1 aliphatic rings. The molecule has 0 radical (unpaired) electrons. The molecule has 13 heavy (non-hydrogen) atoms. The molecule has 0 saturated heterocycles. The van der Waals surface area contributed by atoms with Crippen LogP contribution in [0.25, 0.3) is 0 Å². The van der Waals surface area contributed by atoms with Crippen LogP contribution in [0.5, 0.6) is 0 Å². The van der Waals surface area contributed by atoms with Crippen LogP contribution in [0.4, 0.5) is 0 Å². The summed E-state index contributed by atoms with van der Waals surface area (Å²) in [6.45, 7) is 2.05. The first-order chi connectivity index (χ1) is 6.16. The minimum Gasteiger partial charge on any atom is -0.301 e. The number of rotatable bonds is 1. The average Bonchev–Trinajstić information content (AvgIpc) is 2.46. The molecule has 1 unspecified atom stereocenters. The van der Waals surface area contributed by atoms with E-state index in [0.29, 0.717) is 0 Å². The van der Waals surface area contributed by atoms with E-state index in [0.717, 1.165) is 23.7 Å². The normalized spacial score (nSPS) is 19.8. The van der Waals surface area contributed by atoms with Crippen molar-refractivity contribution in [3.05, 3.63) is 16.5 Å². The van der Waals surface area contributed by atoms with Crippen LogP contribution in [0, 0.1) is 0 Å². The average molecular weight is 216 g/mol. The summed E-state index contributed by atoms with van der Waals surface area (Å²) in [7, 11) is 0.794. The Kier molecular flexibility index (Phi) is 2.51. The van der Waals surface area contributed by atoms with Gasteiger partial charge in [-0.3, -0.25) is 0 Å². The number of likely N-dealkylation sites (N-methyl/N-ethyl adjacent to an activating group) is 1. The maximum Gasteiger partial charge on any atom is 0.132 e. The summed E-state index contributed by atoms with van der Waals surface area (Å²) in [5.74, 6) is 0. The van der Waals surface area contributed by atoms with Gasteiger partial charge in [-0.05, 0) is 25.1 Å². The predicted molar refractivity (Wildman–Crippen MR) is 55.0 cm³/mol. The molecule has 0 aromatic carbocycles. The van der Waals surface area contributed by atoms with E-state index < -0.39 is 11.0 Å². The van der Waals surface area contributed by atoms with Crippen molar-refractivity contribution in [1.29, 1.82) is 0 Å². The molecule has 1 atom stereocenters. The molecule has 1 aromatic heterocycles.